The Kier molecular flexibility index (Phi) is 14.8. The lowest BCUT2D eigenvalue weighted by molar-refractivity contribution is -0.145. The van der Waals surface area contributed by atoms with Gasteiger partial charge in [0.2, 0.25) is 35.4 Å². The third kappa shape index (κ3) is 11.2. The smallest absolute Gasteiger partial charge is 0.326 e. The van der Waals surface area contributed by atoms with Crippen LogP contribution in [0.1, 0.15) is 42.4 Å². The van der Waals surface area contributed by atoms with E-state index in [2.05, 4.69) is 26.3 Å². The Morgan fingerprint density at radius 3 is 1.87 bits per heavy atom. The molecule has 3 heterocycles. The van der Waals surface area contributed by atoms with Crippen molar-refractivity contribution < 1.29 is 43.8 Å². The number of likely N-dealkylation sites (tertiary alicyclic amines) is 2. The number of hydrogen-bond acceptors (Lipinski definition) is 9. The number of nitrogens with zero attached hydrogens (tertiary/aromatic N) is 2. The van der Waals surface area contributed by atoms with Crippen molar-refractivity contribution in [3.05, 3.63) is 108 Å². The second-order valence-corrected chi connectivity index (χ2v) is 15.4. The maximum Gasteiger partial charge on any atom is 0.326 e. The van der Waals surface area contributed by atoms with Crippen LogP contribution in [0.5, 0.6) is 0 Å². The van der Waals surface area contributed by atoms with Crippen LogP contribution in [0.15, 0.2) is 91.1 Å². The number of hydrogen-bond donors (Lipinski definition) is 8. The van der Waals surface area contributed by atoms with E-state index in [4.69, 9.17) is 5.73 Å². The molecule has 3 aromatic carbocycles. The molecule has 17 heteroatoms. The number of aliphatic hydroxyl groups excluding tert-OH is 1. The Bertz CT molecular complexity index is 2200. The lowest BCUT2D eigenvalue weighted by Gasteiger charge is -2.31. The lowest BCUT2D eigenvalue weighted by Crippen LogP contribution is -2.58. The number of aromatic amines is 1. The maximum atomic E-state index is 14.3. The number of aromatic nitrogens is 1. The second-order valence-electron chi connectivity index (χ2n) is 15.4. The van der Waals surface area contributed by atoms with Gasteiger partial charge >= 0.3 is 5.97 Å². The van der Waals surface area contributed by atoms with E-state index in [1.54, 1.807) is 60.8 Å². The van der Waals surface area contributed by atoms with Crippen molar-refractivity contribution in [1.82, 2.24) is 36.1 Å². The normalized spacial score (nSPS) is 18.1. The van der Waals surface area contributed by atoms with Crippen LogP contribution in [-0.2, 0) is 52.8 Å². The average molecular weight is 837 g/mol. The highest BCUT2D eigenvalue weighted by molar-refractivity contribution is 5.97. The molecule has 0 aliphatic carbocycles. The predicted molar refractivity (Wildman–Crippen MR) is 223 cm³/mol. The summed E-state index contributed by atoms with van der Waals surface area (Å²) in [4.78, 5) is 99.9. The molecule has 6 rings (SSSR count). The number of amides is 6. The number of aliphatic hydroxyl groups is 1. The number of para-hydroxylation sites is 1. The van der Waals surface area contributed by atoms with Crippen LogP contribution in [0, 0.1) is 0 Å². The highest BCUT2D eigenvalue weighted by Crippen LogP contribution is 2.23. The van der Waals surface area contributed by atoms with E-state index >= 15 is 0 Å². The van der Waals surface area contributed by atoms with Crippen molar-refractivity contribution in [3.63, 3.8) is 0 Å². The van der Waals surface area contributed by atoms with Gasteiger partial charge in [-0.2, -0.15) is 0 Å². The minimum atomic E-state index is -1.27. The SMILES string of the molecule is N[C@@H](CO)C(=O)N[C@@H](Cc1c[nH]c2ccccc12)C(=O)NCC(=O)N1CCC[C@H]1C(=O)N[C@@H](Cc1ccccc1)C(=O)N1CCC[C@H]1C(=O)N[C@@H](Cc1ccccc1)C(=O)O. The highest BCUT2D eigenvalue weighted by atomic mass is 16.4. The van der Waals surface area contributed by atoms with Gasteiger partial charge in [0.1, 0.15) is 36.3 Å². The number of rotatable bonds is 18. The number of carboxylic acids is 1. The molecule has 0 saturated carbocycles. The van der Waals surface area contributed by atoms with Crippen molar-refractivity contribution in [2.75, 3.05) is 26.2 Å². The van der Waals surface area contributed by atoms with Gasteiger partial charge in [0.25, 0.3) is 0 Å². The minimum Gasteiger partial charge on any atom is -0.480 e. The van der Waals surface area contributed by atoms with Gasteiger partial charge in [-0.3, -0.25) is 28.8 Å². The summed E-state index contributed by atoms with van der Waals surface area (Å²) in [6, 6.07) is 18.6. The first-order valence-electron chi connectivity index (χ1n) is 20.4. The fraction of sp³-hybridized carbons (Fsp3) is 0.386. The molecule has 2 fully saturated rings. The quantitative estimate of drug-likeness (QED) is 0.0674. The van der Waals surface area contributed by atoms with E-state index in [1.807, 2.05) is 30.3 Å². The van der Waals surface area contributed by atoms with Gasteiger partial charge in [0, 0.05) is 49.5 Å². The number of carbonyl (C=O) groups excluding carboxylic acids is 6. The number of fused-ring (bicyclic) bond motifs is 1. The molecule has 0 bridgehead atoms. The molecular weight excluding hydrogens is 785 g/mol. The number of nitrogens with two attached hydrogens (primary N) is 1. The van der Waals surface area contributed by atoms with Crippen LogP contribution in [0.3, 0.4) is 0 Å². The fourth-order valence-corrected chi connectivity index (χ4v) is 7.96. The monoisotopic (exact) mass is 836 g/mol. The molecule has 0 unspecified atom stereocenters. The Morgan fingerprint density at radius 1 is 0.689 bits per heavy atom. The zero-order valence-corrected chi connectivity index (χ0v) is 33.6. The third-order valence-corrected chi connectivity index (χ3v) is 11.2. The van der Waals surface area contributed by atoms with Crippen molar-refractivity contribution >= 4 is 52.3 Å². The van der Waals surface area contributed by atoms with Gasteiger partial charge in [0.05, 0.1) is 13.2 Å². The lowest BCUT2D eigenvalue weighted by atomic mass is 10.0. The highest BCUT2D eigenvalue weighted by Gasteiger charge is 2.41. The van der Waals surface area contributed by atoms with Crippen molar-refractivity contribution in [2.24, 2.45) is 5.73 Å². The molecule has 61 heavy (non-hydrogen) atoms. The Morgan fingerprint density at radius 2 is 1.25 bits per heavy atom. The Labute approximate surface area is 352 Å². The number of carboxylic acid groups (broad SMARTS) is 1. The topological polar surface area (TPSA) is 256 Å². The van der Waals surface area contributed by atoms with Gasteiger partial charge in [-0.25, -0.2) is 4.79 Å². The summed E-state index contributed by atoms with van der Waals surface area (Å²) in [5.74, 6) is -4.89. The molecule has 2 saturated heterocycles. The van der Waals surface area contributed by atoms with Crippen molar-refractivity contribution in [1.29, 1.82) is 0 Å². The summed E-state index contributed by atoms with van der Waals surface area (Å²) in [7, 11) is 0. The fourth-order valence-electron chi connectivity index (χ4n) is 7.96. The number of aliphatic carboxylic acids is 1. The minimum absolute atomic E-state index is 0.0485. The summed E-state index contributed by atoms with van der Waals surface area (Å²) in [6.07, 6.45) is 3.48. The van der Waals surface area contributed by atoms with Crippen LogP contribution in [0.25, 0.3) is 10.9 Å². The average Bonchev–Trinajstić information content (AvgIpc) is 4.06. The van der Waals surface area contributed by atoms with Gasteiger partial charge in [-0.1, -0.05) is 78.9 Å². The number of carbonyl (C=O) groups is 7. The number of benzene rings is 3. The zero-order valence-electron chi connectivity index (χ0n) is 33.6. The van der Waals surface area contributed by atoms with Crippen LogP contribution in [-0.4, -0.2) is 129 Å². The van der Waals surface area contributed by atoms with E-state index in [0.29, 0.717) is 25.7 Å². The van der Waals surface area contributed by atoms with Crippen LogP contribution >= 0.6 is 0 Å². The number of H-pyrrole nitrogens is 1. The van der Waals surface area contributed by atoms with E-state index in [1.165, 1.54) is 9.80 Å². The van der Waals surface area contributed by atoms with E-state index in [-0.39, 0.29) is 32.4 Å². The van der Waals surface area contributed by atoms with E-state index < -0.39 is 90.8 Å². The predicted octanol–water partition coefficient (Wildman–Crippen LogP) is 0.153. The van der Waals surface area contributed by atoms with Crippen LogP contribution in [0.4, 0.5) is 0 Å². The summed E-state index contributed by atoms with van der Waals surface area (Å²) in [5, 5.41) is 30.8. The van der Waals surface area contributed by atoms with Crippen LogP contribution in [0.2, 0.25) is 0 Å². The summed E-state index contributed by atoms with van der Waals surface area (Å²) < 4.78 is 0. The van der Waals surface area contributed by atoms with Crippen molar-refractivity contribution in [2.45, 2.75) is 81.2 Å². The first-order valence-corrected chi connectivity index (χ1v) is 20.4. The van der Waals surface area contributed by atoms with E-state index in [0.717, 1.165) is 27.6 Å². The largest absolute Gasteiger partial charge is 0.480 e. The second kappa shape index (κ2) is 20.6. The molecule has 0 spiro atoms. The molecule has 2 aliphatic rings. The standard InChI is InChI=1S/C44H52N8O9/c45-31(26-53)39(55)48-33(23-29-24-46-32-16-8-7-15-30(29)32)40(56)47-25-38(54)51-19-9-17-36(51)41(57)49-34(21-27-11-3-1-4-12-27)43(59)52-20-10-18-37(52)42(58)50-35(44(60)61)22-28-13-5-2-6-14-28/h1-8,11-16,24,31,33-37,46,53H,9-10,17-23,25-26,45H2,(H,47,56)(H,48,55)(H,49,57)(H,50,58)(H,60,61)/t31-,33-,34-,35-,36-,37-/m0/s1. The Hall–Kier alpha value is -6.59. The molecule has 6 amide bonds. The molecule has 17 nitrogen and oxygen atoms in total. The summed E-state index contributed by atoms with van der Waals surface area (Å²) >= 11 is 0. The molecule has 0 radical (unpaired) electrons. The zero-order chi connectivity index (χ0) is 43.5. The van der Waals surface area contributed by atoms with E-state index in [9.17, 15) is 43.8 Å². The first kappa shape index (κ1) is 44.0. The Balaban J connectivity index is 1.12. The molecule has 6 atom stereocenters. The summed E-state index contributed by atoms with van der Waals surface area (Å²) in [6.45, 7) is -0.700. The van der Waals surface area contributed by atoms with Gasteiger partial charge in [0.15, 0.2) is 0 Å². The maximum absolute atomic E-state index is 14.3. The molecule has 1 aromatic heterocycles. The van der Waals surface area contributed by atoms with Gasteiger partial charge in [-0.05, 0) is 48.4 Å². The molecule has 4 aromatic rings. The molecule has 2 aliphatic heterocycles. The van der Waals surface area contributed by atoms with Crippen molar-refractivity contribution in [3.8, 4) is 0 Å². The number of nitrogens with one attached hydrogen (secondary N) is 5. The molecule has 322 valence electrons. The van der Waals surface area contributed by atoms with Crippen LogP contribution < -0.4 is 27.0 Å². The summed E-state index contributed by atoms with van der Waals surface area (Å²) in [5.41, 5.74) is 8.74. The van der Waals surface area contributed by atoms with Gasteiger partial charge in [-0.15, -0.1) is 0 Å². The third-order valence-electron chi connectivity index (χ3n) is 11.2. The molecular formula is C44H52N8O9. The first-order chi connectivity index (χ1) is 29.4. The van der Waals surface area contributed by atoms with Gasteiger partial charge < -0.3 is 52.0 Å². The molecule has 9 N–H and O–H groups in total.